The molecule has 0 unspecified atom stereocenters. The zero-order valence-electron chi connectivity index (χ0n) is 17.8. The Kier molecular flexibility index (Phi) is 6.44. The average Bonchev–Trinajstić information content (AvgIpc) is 2.79. The summed E-state index contributed by atoms with van der Waals surface area (Å²) in [6, 6.07) is 21.3. The molecule has 0 aliphatic carbocycles. The average molecular weight is 496 g/mol. The first kappa shape index (κ1) is 23.1. The second-order valence-corrected chi connectivity index (χ2v) is 9.32. The van der Waals surface area contributed by atoms with Gasteiger partial charge in [-0.2, -0.15) is 0 Å². The number of sulfonamides is 1. The maximum absolute atomic E-state index is 12.8. The molecule has 0 saturated heterocycles. The van der Waals surface area contributed by atoms with Crippen LogP contribution in [-0.4, -0.2) is 23.3 Å². The number of aryl methyl sites for hydroxylation is 1. The number of halogens is 1. The Balaban J connectivity index is 1.58. The van der Waals surface area contributed by atoms with Gasteiger partial charge in [0, 0.05) is 23.4 Å². The Labute approximate surface area is 200 Å². The highest BCUT2D eigenvalue weighted by molar-refractivity contribution is 7.92. The van der Waals surface area contributed by atoms with Crippen molar-refractivity contribution in [3.63, 3.8) is 0 Å². The molecule has 0 spiro atoms. The lowest BCUT2D eigenvalue weighted by Crippen LogP contribution is -2.13. The molecule has 0 amide bonds. The van der Waals surface area contributed by atoms with Crippen molar-refractivity contribution in [3.8, 4) is 11.3 Å². The van der Waals surface area contributed by atoms with Crippen LogP contribution in [0, 0.1) is 17.0 Å². The van der Waals surface area contributed by atoms with Crippen molar-refractivity contribution in [1.82, 2.24) is 9.97 Å². The van der Waals surface area contributed by atoms with E-state index in [4.69, 9.17) is 11.6 Å². The van der Waals surface area contributed by atoms with Crippen molar-refractivity contribution in [3.05, 3.63) is 99.8 Å². The normalized spacial score (nSPS) is 11.1. The van der Waals surface area contributed by atoms with Crippen LogP contribution in [0.1, 0.15) is 5.82 Å². The molecule has 0 saturated carbocycles. The van der Waals surface area contributed by atoms with E-state index in [1.54, 1.807) is 37.3 Å². The van der Waals surface area contributed by atoms with E-state index in [2.05, 4.69) is 20.0 Å². The summed E-state index contributed by atoms with van der Waals surface area (Å²) >= 11 is 5.79. The number of nitrogens with zero attached hydrogens (tertiary/aromatic N) is 3. The van der Waals surface area contributed by atoms with Gasteiger partial charge in [0.2, 0.25) is 0 Å². The molecule has 0 aliphatic rings. The van der Waals surface area contributed by atoms with Crippen molar-refractivity contribution in [2.75, 3.05) is 10.0 Å². The fraction of sp³-hybridized carbons (Fsp3) is 0.0435. The summed E-state index contributed by atoms with van der Waals surface area (Å²) in [6.45, 7) is 1.79. The molecule has 11 heteroatoms. The van der Waals surface area contributed by atoms with Crippen molar-refractivity contribution >= 4 is 44.5 Å². The van der Waals surface area contributed by atoms with Crippen LogP contribution in [-0.2, 0) is 10.0 Å². The first-order valence-electron chi connectivity index (χ1n) is 9.96. The van der Waals surface area contributed by atoms with Crippen LogP contribution in [0.25, 0.3) is 11.3 Å². The van der Waals surface area contributed by atoms with Gasteiger partial charge in [0.25, 0.3) is 15.7 Å². The smallest absolute Gasteiger partial charge is 0.289 e. The van der Waals surface area contributed by atoms with Crippen molar-refractivity contribution in [1.29, 1.82) is 0 Å². The molecule has 0 atom stereocenters. The number of hydrogen-bond donors (Lipinski definition) is 2. The fourth-order valence-electron chi connectivity index (χ4n) is 3.21. The molecule has 4 rings (SSSR count). The van der Waals surface area contributed by atoms with Gasteiger partial charge >= 0.3 is 0 Å². The summed E-state index contributed by atoms with van der Waals surface area (Å²) in [5, 5.41) is 14.1. The molecule has 9 nitrogen and oxygen atoms in total. The Bertz CT molecular complexity index is 1480. The number of benzene rings is 3. The van der Waals surface area contributed by atoms with E-state index < -0.39 is 20.6 Å². The maximum atomic E-state index is 12.8. The lowest BCUT2D eigenvalue weighted by Gasteiger charge is -2.12. The molecule has 2 N–H and O–H groups in total. The SMILES string of the molecule is Cc1nc(Nc2cccc(NS(=O)(=O)c3ccc(Cl)c([N+](=O)[O-])c3)c2)cc(-c2ccccc2)n1. The van der Waals surface area contributed by atoms with Crippen LogP contribution in [0.2, 0.25) is 5.02 Å². The predicted molar refractivity (Wildman–Crippen MR) is 131 cm³/mol. The maximum Gasteiger partial charge on any atom is 0.289 e. The van der Waals surface area contributed by atoms with Crippen LogP contribution in [0.5, 0.6) is 0 Å². The van der Waals surface area contributed by atoms with E-state index in [1.165, 1.54) is 12.1 Å². The summed E-state index contributed by atoms with van der Waals surface area (Å²) in [4.78, 5) is 19.0. The minimum absolute atomic E-state index is 0.148. The van der Waals surface area contributed by atoms with Crippen molar-refractivity contribution in [2.45, 2.75) is 11.8 Å². The third-order valence-corrected chi connectivity index (χ3v) is 6.42. The zero-order valence-corrected chi connectivity index (χ0v) is 19.3. The van der Waals surface area contributed by atoms with E-state index in [0.29, 0.717) is 17.3 Å². The van der Waals surface area contributed by atoms with E-state index in [0.717, 1.165) is 17.3 Å². The molecule has 172 valence electrons. The second-order valence-electron chi connectivity index (χ2n) is 7.23. The van der Waals surface area contributed by atoms with Crippen LogP contribution < -0.4 is 10.0 Å². The van der Waals surface area contributed by atoms with E-state index in [9.17, 15) is 18.5 Å². The number of rotatable bonds is 7. The molecule has 1 aromatic heterocycles. The monoisotopic (exact) mass is 495 g/mol. The minimum Gasteiger partial charge on any atom is -0.340 e. The van der Waals surface area contributed by atoms with Crippen LogP contribution in [0.3, 0.4) is 0 Å². The van der Waals surface area contributed by atoms with E-state index >= 15 is 0 Å². The number of aromatic nitrogens is 2. The highest BCUT2D eigenvalue weighted by atomic mass is 35.5. The molecule has 0 bridgehead atoms. The van der Waals surface area contributed by atoms with E-state index in [-0.39, 0.29) is 15.6 Å². The molecule has 34 heavy (non-hydrogen) atoms. The number of anilines is 3. The minimum atomic E-state index is -4.09. The summed E-state index contributed by atoms with van der Waals surface area (Å²) in [7, 11) is -4.09. The molecule has 0 aliphatic heterocycles. The van der Waals surface area contributed by atoms with Gasteiger partial charge in [0.05, 0.1) is 21.2 Å². The second kappa shape index (κ2) is 9.46. The third-order valence-electron chi connectivity index (χ3n) is 4.72. The van der Waals surface area contributed by atoms with Gasteiger partial charge in [-0.1, -0.05) is 48.0 Å². The molecule has 4 aromatic rings. The first-order valence-corrected chi connectivity index (χ1v) is 11.8. The number of nitrogens with one attached hydrogen (secondary N) is 2. The van der Waals surface area contributed by atoms with Crippen LogP contribution >= 0.6 is 11.6 Å². The van der Waals surface area contributed by atoms with E-state index in [1.807, 2.05) is 30.3 Å². The van der Waals surface area contributed by atoms with Gasteiger partial charge in [-0.3, -0.25) is 14.8 Å². The Morgan fingerprint density at radius 1 is 0.912 bits per heavy atom. The highest BCUT2D eigenvalue weighted by Gasteiger charge is 2.21. The lowest BCUT2D eigenvalue weighted by atomic mass is 10.1. The Morgan fingerprint density at radius 2 is 1.65 bits per heavy atom. The van der Waals surface area contributed by atoms with Crippen molar-refractivity contribution < 1.29 is 13.3 Å². The fourth-order valence-corrected chi connectivity index (χ4v) is 4.47. The zero-order chi connectivity index (χ0) is 24.3. The predicted octanol–water partition coefficient (Wildman–Crippen LogP) is 5.56. The summed E-state index contributed by atoms with van der Waals surface area (Å²) in [6.07, 6.45) is 0. The van der Waals surface area contributed by atoms with Gasteiger partial charge in [-0.25, -0.2) is 18.4 Å². The van der Waals surface area contributed by atoms with Gasteiger partial charge in [0.1, 0.15) is 16.7 Å². The van der Waals surface area contributed by atoms with Gasteiger partial charge in [0.15, 0.2) is 0 Å². The lowest BCUT2D eigenvalue weighted by molar-refractivity contribution is -0.384. The standard InChI is InChI=1S/C23H18ClN5O4S/c1-15-25-21(16-6-3-2-4-7-16)14-23(26-15)27-17-8-5-9-18(12-17)28-34(32,33)19-10-11-20(24)22(13-19)29(30)31/h2-14,28H,1H3,(H,25,26,27). The number of hydrogen-bond acceptors (Lipinski definition) is 7. The molecule has 0 fully saturated rings. The van der Waals surface area contributed by atoms with Gasteiger partial charge in [-0.05, 0) is 37.3 Å². The van der Waals surface area contributed by atoms with Crippen LogP contribution in [0.15, 0.2) is 83.8 Å². The molecule has 3 aromatic carbocycles. The quantitative estimate of drug-likeness (QED) is 0.254. The highest BCUT2D eigenvalue weighted by Crippen LogP contribution is 2.29. The summed E-state index contributed by atoms with van der Waals surface area (Å²) < 4.78 is 28.0. The molecular weight excluding hydrogens is 478 g/mol. The Hall–Kier alpha value is -4.02. The summed E-state index contributed by atoms with van der Waals surface area (Å²) in [5.41, 5.74) is 2.04. The summed E-state index contributed by atoms with van der Waals surface area (Å²) in [5.74, 6) is 1.12. The Morgan fingerprint density at radius 3 is 2.38 bits per heavy atom. The molecular formula is C23H18ClN5O4S. The van der Waals surface area contributed by atoms with Crippen molar-refractivity contribution in [2.24, 2.45) is 0 Å². The largest absolute Gasteiger partial charge is 0.340 e. The topological polar surface area (TPSA) is 127 Å². The number of nitro groups is 1. The molecule has 0 radical (unpaired) electrons. The van der Waals surface area contributed by atoms with Crippen LogP contribution in [0.4, 0.5) is 22.9 Å². The van der Waals surface area contributed by atoms with Gasteiger partial charge < -0.3 is 5.32 Å². The van der Waals surface area contributed by atoms with Gasteiger partial charge in [-0.15, -0.1) is 0 Å². The first-order chi connectivity index (χ1) is 16.2. The molecule has 1 heterocycles. The number of nitro benzene ring substituents is 1. The third kappa shape index (κ3) is 5.30.